The first kappa shape index (κ1) is 15.8. The van der Waals surface area contributed by atoms with Gasteiger partial charge in [0, 0.05) is 19.2 Å². The Bertz CT molecular complexity index is 753. The molecule has 0 radical (unpaired) electrons. The molecular formula is C14H10ClF2N3O2. The third-order valence-corrected chi connectivity index (χ3v) is 2.92. The van der Waals surface area contributed by atoms with Crippen molar-refractivity contribution >= 4 is 34.8 Å². The first-order chi connectivity index (χ1) is 10.4. The molecule has 0 saturated carbocycles. The summed E-state index contributed by atoms with van der Waals surface area (Å²) in [6.07, 6.45) is 1.40. The predicted octanol–water partition coefficient (Wildman–Crippen LogP) is 3.22. The lowest BCUT2D eigenvalue weighted by molar-refractivity contribution is -0.114. The van der Waals surface area contributed by atoms with Gasteiger partial charge in [-0.1, -0.05) is 11.6 Å². The standard InChI is InChI=1S/C14H10ClF2N3O2/c1-7(21)19-11-6-12(10(17)5-9(11)16)20-14(22)8-3-2-4-18-13(8)15/h2-6H,1H3,(H,19,21)(H,20,22). The molecule has 2 amide bonds. The van der Waals surface area contributed by atoms with Crippen LogP contribution < -0.4 is 10.6 Å². The van der Waals surface area contributed by atoms with Crippen LogP contribution in [0, 0.1) is 11.6 Å². The maximum absolute atomic E-state index is 13.7. The number of carbonyl (C=O) groups excluding carboxylic acids is 2. The fourth-order valence-corrected chi connectivity index (χ4v) is 1.88. The number of rotatable bonds is 3. The van der Waals surface area contributed by atoms with Gasteiger partial charge in [0.15, 0.2) is 0 Å². The fraction of sp³-hybridized carbons (Fsp3) is 0.0714. The van der Waals surface area contributed by atoms with E-state index in [-0.39, 0.29) is 22.1 Å². The predicted molar refractivity (Wildman–Crippen MR) is 77.9 cm³/mol. The van der Waals surface area contributed by atoms with Gasteiger partial charge in [-0.2, -0.15) is 0 Å². The van der Waals surface area contributed by atoms with Crippen molar-refractivity contribution in [2.75, 3.05) is 10.6 Å². The number of carbonyl (C=O) groups is 2. The van der Waals surface area contributed by atoms with Crippen LogP contribution in [0.25, 0.3) is 0 Å². The maximum atomic E-state index is 13.7. The van der Waals surface area contributed by atoms with Crippen molar-refractivity contribution in [2.24, 2.45) is 0 Å². The summed E-state index contributed by atoms with van der Waals surface area (Å²) in [6.45, 7) is 1.18. The highest BCUT2D eigenvalue weighted by Crippen LogP contribution is 2.24. The van der Waals surface area contributed by atoms with Crippen LogP contribution in [0.15, 0.2) is 30.5 Å². The summed E-state index contributed by atoms with van der Waals surface area (Å²) >= 11 is 5.77. The summed E-state index contributed by atoms with van der Waals surface area (Å²) in [4.78, 5) is 26.7. The number of pyridine rings is 1. The molecule has 0 aliphatic heterocycles. The zero-order chi connectivity index (χ0) is 16.3. The molecule has 1 heterocycles. The van der Waals surface area contributed by atoms with E-state index in [2.05, 4.69) is 15.6 Å². The molecule has 0 spiro atoms. The van der Waals surface area contributed by atoms with Gasteiger partial charge >= 0.3 is 0 Å². The molecule has 1 aromatic heterocycles. The largest absolute Gasteiger partial charge is 0.324 e. The molecule has 0 fully saturated rings. The lowest BCUT2D eigenvalue weighted by atomic mass is 10.2. The fourth-order valence-electron chi connectivity index (χ4n) is 1.68. The average molecular weight is 326 g/mol. The molecule has 0 aliphatic rings. The molecular weight excluding hydrogens is 316 g/mol. The van der Waals surface area contributed by atoms with Gasteiger partial charge in [-0.05, 0) is 18.2 Å². The SMILES string of the molecule is CC(=O)Nc1cc(NC(=O)c2cccnc2Cl)c(F)cc1F. The van der Waals surface area contributed by atoms with E-state index in [1.165, 1.54) is 25.3 Å². The van der Waals surface area contributed by atoms with Crippen LogP contribution >= 0.6 is 11.6 Å². The van der Waals surface area contributed by atoms with Gasteiger partial charge in [-0.25, -0.2) is 13.8 Å². The molecule has 0 saturated heterocycles. The molecule has 2 rings (SSSR count). The first-order valence-electron chi connectivity index (χ1n) is 6.07. The number of hydrogen-bond acceptors (Lipinski definition) is 3. The van der Waals surface area contributed by atoms with Crippen LogP contribution in [0.5, 0.6) is 0 Å². The van der Waals surface area contributed by atoms with Crippen LogP contribution in [0.1, 0.15) is 17.3 Å². The molecule has 0 atom stereocenters. The Morgan fingerprint density at radius 1 is 1.14 bits per heavy atom. The molecule has 114 valence electrons. The minimum atomic E-state index is -0.986. The van der Waals surface area contributed by atoms with Crippen molar-refractivity contribution in [1.29, 1.82) is 0 Å². The average Bonchev–Trinajstić information content (AvgIpc) is 2.44. The van der Waals surface area contributed by atoms with Crippen LogP contribution in [-0.4, -0.2) is 16.8 Å². The Labute approximate surface area is 129 Å². The molecule has 0 bridgehead atoms. The zero-order valence-electron chi connectivity index (χ0n) is 11.3. The van der Waals surface area contributed by atoms with Gasteiger partial charge in [0.2, 0.25) is 5.91 Å². The Hall–Kier alpha value is -2.54. The normalized spacial score (nSPS) is 10.2. The summed E-state index contributed by atoms with van der Waals surface area (Å²) in [5.41, 5.74) is -0.509. The topological polar surface area (TPSA) is 71.1 Å². The van der Waals surface area contributed by atoms with E-state index < -0.39 is 23.4 Å². The lowest BCUT2D eigenvalue weighted by Crippen LogP contribution is -2.15. The van der Waals surface area contributed by atoms with Gasteiger partial charge in [-0.3, -0.25) is 9.59 Å². The number of aromatic nitrogens is 1. The number of nitrogens with zero attached hydrogens (tertiary/aromatic N) is 1. The molecule has 0 aliphatic carbocycles. The minimum Gasteiger partial charge on any atom is -0.324 e. The van der Waals surface area contributed by atoms with Crippen LogP contribution in [0.2, 0.25) is 5.15 Å². The molecule has 22 heavy (non-hydrogen) atoms. The summed E-state index contributed by atoms with van der Waals surface area (Å²) in [5, 5.41) is 4.40. The van der Waals surface area contributed by atoms with Crippen molar-refractivity contribution in [1.82, 2.24) is 4.98 Å². The van der Waals surface area contributed by atoms with Crippen molar-refractivity contribution in [3.8, 4) is 0 Å². The van der Waals surface area contributed by atoms with Gasteiger partial charge in [-0.15, -0.1) is 0 Å². The summed E-state index contributed by atoms with van der Waals surface area (Å²) in [7, 11) is 0. The van der Waals surface area contributed by atoms with E-state index >= 15 is 0 Å². The minimum absolute atomic E-state index is 0.0361. The monoisotopic (exact) mass is 325 g/mol. The number of hydrogen-bond donors (Lipinski definition) is 2. The van der Waals surface area contributed by atoms with Crippen LogP contribution in [-0.2, 0) is 4.79 Å². The van der Waals surface area contributed by atoms with Crippen molar-refractivity contribution in [3.63, 3.8) is 0 Å². The molecule has 8 heteroatoms. The van der Waals surface area contributed by atoms with E-state index in [9.17, 15) is 18.4 Å². The maximum Gasteiger partial charge on any atom is 0.258 e. The molecule has 2 N–H and O–H groups in total. The Balaban J connectivity index is 2.31. The third kappa shape index (κ3) is 3.56. The highest BCUT2D eigenvalue weighted by atomic mass is 35.5. The van der Waals surface area contributed by atoms with Crippen molar-refractivity contribution in [3.05, 3.63) is 52.8 Å². The molecule has 1 aromatic carbocycles. The Morgan fingerprint density at radius 2 is 1.77 bits per heavy atom. The van der Waals surface area contributed by atoms with Crippen LogP contribution in [0.3, 0.4) is 0 Å². The van der Waals surface area contributed by atoms with E-state index in [1.54, 1.807) is 0 Å². The Kier molecular flexibility index (Phi) is 4.67. The second-order valence-electron chi connectivity index (χ2n) is 4.29. The van der Waals surface area contributed by atoms with Crippen molar-refractivity contribution in [2.45, 2.75) is 6.92 Å². The number of nitrogens with one attached hydrogen (secondary N) is 2. The smallest absolute Gasteiger partial charge is 0.258 e. The number of halogens is 3. The quantitative estimate of drug-likeness (QED) is 0.851. The number of amides is 2. The molecule has 2 aromatic rings. The lowest BCUT2D eigenvalue weighted by Gasteiger charge is -2.10. The van der Waals surface area contributed by atoms with Gasteiger partial charge in [0.25, 0.3) is 5.91 Å². The molecule has 0 unspecified atom stereocenters. The zero-order valence-corrected chi connectivity index (χ0v) is 12.0. The summed E-state index contributed by atoms with van der Waals surface area (Å²) < 4.78 is 27.2. The molecule has 5 nitrogen and oxygen atoms in total. The van der Waals surface area contributed by atoms with Crippen molar-refractivity contribution < 1.29 is 18.4 Å². The van der Waals surface area contributed by atoms with Gasteiger partial charge in [0.1, 0.15) is 16.8 Å². The van der Waals surface area contributed by atoms with E-state index in [1.807, 2.05) is 0 Å². The van der Waals surface area contributed by atoms with E-state index in [0.717, 1.165) is 6.07 Å². The van der Waals surface area contributed by atoms with Crippen LogP contribution in [0.4, 0.5) is 20.2 Å². The number of anilines is 2. The second kappa shape index (κ2) is 6.48. The highest BCUT2D eigenvalue weighted by molar-refractivity contribution is 6.33. The second-order valence-corrected chi connectivity index (χ2v) is 4.65. The number of benzene rings is 1. The first-order valence-corrected chi connectivity index (χ1v) is 6.45. The highest BCUT2D eigenvalue weighted by Gasteiger charge is 2.16. The van der Waals surface area contributed by atoms with Gasteiger partial charge < -0.3 is 10.6 Å². The third-order valence-electron chi connectivity index (χ3n) is 2.62. The summed E-state index contributed by atoms with van der Waals surface area (Å²) in [5.74, 6) is -3.18. The van der Waals surface area contributed by atoms with E-state index in [0.29, 0.717) is 6.07 Å². The Morgan fingerprint density at radius 3 is 2.36 bits per heavy atom. The van der Waals surface area contributed by atoms with Gasteiger partial charge in [0.05, 0.1) is 16.9 Å². The van der Waals surface area contributed by atoms with E-state index in [4.69, 9.17) is 11.6 Å². The summed E-state index contributed by atoms with van der Waals surface area (Å²) in [6, 6.07) is 4.44.